The largest absolute Gasteiger partial charge is 0.368 e. The fourth-order valence-electron chi connectivity index (χ4n) is 1.43. The van der Waals surface area contributed by atoms with Crippen LogP contribution < -0.4 is 11.1 Å². The second kappa shape index (κ2) is 5.78. The Morgan fingerprint density at radius 1 is 1.64 bits per heavy atom. The van der Waals surface area contributed by atoms with Gasteiger partial charge in [-0.3, -0.25) is 4.79 Å². The first kappa shape index (κ1) is 11.2. The molecule has 1 aliphatic rings. The minimum absolute atomic E-state index is 0.0823. The van der Waals surface area contributed by atoms with Crippen molar-refractivity contribution in [2.45, 2.75) is 18.9 Å². The van der Waals surface area contributed by atoms with Crippen LogP contribution in [0.5, 0.6) is 0 Å². The molecular formula is C10H18N2O2. The van der Waals surface area contributed by atoms with Gasteiger partial charge in [0.25, 0.3) is 0 Å². The molecule has 0 aromatic carbocycles. The minimum atomic E-state index is -0.0823. The Morgan fingerprint density at radius 3 is 2.93 bits per heavy atom. The fraction of sp³-hybridized carbons (Fsp3) is 0.700. The van der Waals surface area contributed by atoms with Crippen molar-refractivity contribution in [1.82, 2.24) is 5.32 Å². The number of carbonyl (C=O) groups excluding carboxylic acids is 1. The number of nitrogens with one attached hydrogen (secondary N) is 1. The molecule has 0 aromatic heterocycles. The van der Waals surface area contributed by atoms with Gasteiger partial charge in [-0.15, -0.1) is 6.58 Å². The maximum absolute atomic E-state index is 11.1. The molecule has 0 aliphatic heterocycles. The lowest BCUT2D eigenvalue weighted by molar-refractivity contribution is -0.130. The van der Waals surface area contributed by atoms with Gasteiger partial charge in [0.2, 0.25) is 5.91 Å². The SMILES string of the molecule is C=CCNC(=O)COC1CC(CN)C1. The van der Waals surface area contributed by atoms with Gasteiger partial charge in [0.05, 0.1) is 6.10 Å². The molecule has 0 spiro atoms. The van der Waals surface area contributed by atoms with Crippen LogP contribution in [-0.2, 0) is 9.53 Å². The highest BCUT2D eigenvalue weighted by Gasteiger charge is 2.28. The number of ether oxygens (including phenoxy) is 1. The van der Waals surface area contributed by atoms with Crippen molar-refractivity contribution < 1.29 is 9.53 Å². The zero-order valence-electron chi connectivity index (χ0n) is 8.37. The van der Waals surface area contributed by atoms with Crippen LogP contribution >= 0.6 is 0 Å². The van der Waals surface area contributed by atoms with Crippen molar-refractivity contribution in [2.24, 2.45) is 11.7 Å². The van der Waals surface area contributed by atoms with Crippen molar-refractivity contribution in [1.29, 1.82) is 0 Å². The molecule has 0 heterocycles. The summed E-state index contributed by atoms with van der Waals surface area (Å²) in [5.74, 6) is 0.511. The van der Waals surface area contributed by atoms with E-state index in [1.165, 1.54) is 0 Å². The van der Waals surface area contributed by atoms with Crippen LogP contribution in [0.1, 0.15) is 12.8 Å². The van der Waals surface area contributed by atoms with Crippen molar-refractivity contribution in [3.8, 4) is 0 Å². The third kappa shape index (κ3) is 3.47. The summed E-state index contributed by atoms with van der Waals surface area (Å²) in [6.45, 7) is 4.88. The number of hydrogen-bond acceptors (Lipinski definition) is 3. The molecule has 0 aromatic rings. The third-order valence-corrected chi connectivity index (χ3v) is 2.42. The summed E-state index contributed by atoms with van der Waals surface area (Å²) in [4.78, 5) is 11.1. The molecule has 1 aliphatic carbocycles. The molecule has 0 atom stereocenters. The van der Waals surface area contributed by atoms with Gasteiger partial charge in [0, 0.05) is 6.54 Å². The first-order valence-corrected chi connectivity index (χ1v) is 4.95. The van der Waals surface area contributed by atoms with Crippen LogP contribution in [0.15, 0.2) is 12.7 Å². The molecule has 1 rings (SSSR count). The summed E-state index contributed by atoms with van der Waals surface area (Å²) in [7, 11) is 0. The lowest BCUT2D eigenvalue weighted by Gasteiger charge is -2.33. The Balaban J connectivity index is 1.99. The molecule has 0 radical (unpaired) electrons. The highest BCUT2D eigenvalue weighted by molar-refractivity contribution is 5.77. The second-order valence-electron chi connectivity index (χ2n) is 3.60. The zero-order chi connectivity index (χ0) is 10.4. The van der Waals surface area contributed by atoms with Crippen LogP contribution in [0.25, 0.3) is 0 Å². The molecule has 3 N–H and O–H groups in total. The van der Waals surface area contributed by atoms with Crippen LogP contribution in [0.2, 0.25) is 0 Å². The van der Waals surface area contributed by atoms with Gasteiger partial charge in [-0.05, 0) is 25.3 Å². The summed E-state index contributed by atoms with van der Waals surface area (Å²) in [6, 6.07) is 0. The zero-order valence-corrected chi connectivity index (χ0v) is 8.37. The standard InChI is InChI=1S/C10H18N2O2/c1-2-3-12-10(13)7-14-9-4-8(5-9)6-11/h2,8-9H,1,3-7,11H2,(H,12,13). The molecule has 80 valence electrons. The van der Waals surface area contributed by atoms with E-state index in [9.17, 15) is 4.79 Å². The molecule has 0 saturated heterocycles. The molecule has 0 bridgehead atoms. The average Bonchev–Trinajstić information content (AvgIpc) is 2.12. The van der Waals surface area contributed by atoms with Gasteiger partial charge in [-0.2, -0.15) is 0 Å². The third-order valence-electron chi connectivity index (χ3n) is 2.42. The Bertz CT molecular complexity index is 200. The Kier molecular flexibility index (Phi) is 4.62. The van der Waals surface area contributed by atoms with E-state index in [0.717, 1.165) is 19.4 Å². The van der Waals surface area contributed by atoms with Crippen molar-refractivity contribution in [2.75, 3.05) is 19.7 Å². The van der Waals surface area contributed by atoms with Crippen molar-refractivity contribution in [3.63, 3.8) is 0 Å². The molecule has 1 fully saturated rings. The van der Waals surface area contributed by atoms with Gasteiger partial charge in [-0.1, -0.05) is 6.08 Å². The molecule has 0 unspecified atom stereocenters. The number of amides is 1. The van der Waals surface area contributed by atoms with Gasteiger partial charge >= 0.3 is 0 Å². The summed E-state index contributed by atoms with van der Waals surface area (Å²) in [5, 5.41) is 2.65. The lowest BCUT2D eigenvalue weighted by atomic mass is 9.82. The second-order valence-corrected chi connectivity index (χ2v) is 3.60. The average molecular weight is 198 g/mol. The van der Waals surface area contributed by atoms with E-state index in [1.807, 2.05) is 0 Å². The molecule has 4 nitrogen and oxygen atoms in total. The Labute approximate surface area is 84.5 Å². The van der Waals surface area contributed by atoms with Gasteiger partial charge < -0.3 is 15.8 Å². The number of nitrogens with two attached hydrogens (primary N) is 1. The van der Waals surface area contributed by atoms with Crippen LogP contribution in [-0.4, -0.2) is 31.7 Å². The van der Waals surface area contributed by atoms with Crippen LogP contribution in [0.4, 0.5) is 0 Å². The van der Waals surface area contributed by atoms with Crippen LogP contribution in [0, 0.1) is 5.92 Å². The smallest absolute Gasteiger partial charge is 0.246 e. The topological polar surface area (TPSA) is 64.3 Å². The predicted octanol–water partition coefficient (Wildman–Crippen LogP) is 0.0425. The highest BCUT2D eigenvalue weighted by atomic mass is 16.5. The Hall–Kier alpha value is -0.870. The van der Waals surface area contributed by atoms with E-state index in [2.05, 4.69) is 11.9 Å². The molecule has 1 saturated carbocycles. The first-order chi connectivity index (χ1) is 6.76. The minimum Gasteiger partial charge on any atom is -0.368 e. The van der Waals surface area contributed by atoms with Crippen molar-refractivity contribution in [3.05, 3.63) is 12.7 Å². The molecular weight excluding hydrogens is 180 g/mol. The van der Waals surface area contributed by atoms with Crippen LogP contribution in [0.3, 0.4) is 0 Å². The number of rotatable bonds is 6. The molecule has 4 heteroatoms. The highest BCUT2D eigenvalue weighted by Crippen LogP contribution is 2.28. The normalized spacial score (nSPS) is 25.2. The molecule has 14 heavy (non-hydrogen) atoms. The van der Waals surface area contributed by atoms with Crippen molar-refractivity contribution >= 4 is 5.91 Å². The van der Waals surface area contributed by atoms with Gasteiger partial charge in [0.1, 0.15) is 6.61 Å². The van der Waals surface area contributed by atoms with E-state index in [-0.39, 0.29) is 18.6 Å². The number of hydrogen-bond donors (Lipinski definition) is 2. The first-order valence-electron chi connectivity index (χ1n) is 4.95. The maximum Gasteiger partial charge on any atom is 0.246 e. The lowest BCUT2D eigenvalue weighted by Crippen LogP contribution is -2.38. The van der Waals surface area contributed by atoms with E-state index in [0.29, 0.717) is 12.5 Å². The summed E-state index contributed by atoms with van der Waals surface area (Å²) in [6.07, 6.45) is 3.86. The maximum atomic E-state index is 11.1. The van der Waals surface area contributed by atoms with E-state index in [1.54, 1.807) is 6.08 Å². The fourth-order valence-corrected chi connectivity index (χ4v) is 1.43. The molecule has 1 amide bonds. The number of carbonyl (C=O) groups is 1. The van der Waals surface area contributed by atoms with E-state index in [4.69, 9.17) is 10.5 Å². The van der Waals surface area contributed by atoms with E-state index >= 15 is 0 Å². The summed E-state index contributed by atoms with van der Waals surface area (Å²) < 4.78 is 5.37. The van der Waals surface area contributed by atoms with Gasteiger partial charge in [-0.25, -0.2) is 0 Å². The summed E-state index contributed by atoms with van der Waals surface area (Å²) >= 11 is 0. The summed E-state index contributed by atoms with van der Waals surface area (Å²) in [5.41, 5.74) is 5.47. The monoisotopic (exact) mass is 198 g/mol. The predicted molar refractivity (Wildman–Crippen MR) is 54.7 cm³/mol. The quantitative estimate of drug-likeness (QED) is 0.592. The van der Waals surface area contributed by atoms with Gasteiger partial charge in [0.15, 0.2) is 0 Å². The van der Waals surface area contributed by atoms with E-state index < -0.39 is 0 Å². The Morgan fingerprint density at radius 2 is 2.36 bits per heavy atom.